The van der Waals surface area contributed by atoms with Crippen molar-refractivity contribution in [2.75, 3.05) is 13.7 Å². The Kier molecular flexibility index (Phi) is 6.91. The van der Waals surface area contributed by atoms with Crippen LogP contribution in [0.4, 0.5) is 0 Å². The second-order valence-electron chi connectivity index (χ2n) is 7.62. The minimum absolute atomic E-state index is 0.101. The lowest BCUT2D eigenvalue weighted by Gasteiger charge is -2.36. The van der Waals surface area contributed by atoms with E-state index in [-0.39, 0.29) is 11.9 Å². The molecule has 0 bridgehead atoms. The smallest absolute Gasteiger partial charge is 0.331 e. The van der Waals surface area contributed by atoms with Gasteiger partial charge in [-0.2, -0.15) is 0 Å². The van der Waals surface area contributed by atoms with Crippen molar-refractivity contribution in [3.63, 3.8) is 0 Å². The van der Waals surface area contributed by atoms with Crippen molar-refractivity contribution >= 4 is 42.5 Å². The number of hydrogen-bond donors (Lipinski definition) is 0. The Morgan fingerprint density at radius 3 is 2.62 bits per heavy atom. The summed E-state index contributed by atoms with van der Waals surface area (Å²) < 4.78 is 6.00. The van der Waals surface area contributed by atoms with Gasteiger partial charge in [-0.15, -0.1) is 11.5 Å². The number of rotatable bonds is 4. The average molecular weight is 483 g/mol. The van der Waals surface area contributed by atoms with E-state index in [9.17, 15) is 9.59 Å². The third kappa shape index (κ3) is 4.68. The number of halogens is 1. The number of hydrogen-bond acceptors (Lipinski definition) is 3. The summed E-state index contributed by atoms with van der Waals surface area (Å²) in [4.78, 5) is 27.6. The van der Waals surface area contributed by atoms with E-state index < -0.39 is 13.6 Å². The third-order valence-corrected chi connectivity index (χ3v) is 6.40. The van der Waals surface area contributed by atoms with Crippen molar-refractivity contribution in [1.82, 2.24) is 4.90 Å². The maximum absolute atomic E-state index is 13.2. The number of ether oxygens (including phenoxy) is 1. The Hall–Kier alpha value is -1.33. The number of nitrogens with zero attached hydrogens (tertiary/aromatic N) is 1. The van der Waals surface area contributed by atoms with Gasteiger partial charge in [0.1, 0.15) is 13.6 Å². The molecule has 0 spiro atoms. The molecule has 1 fully saturated rings. The molecule has 1 aliphatic heterocycles. The first-order valence-electron chi connectivity index (χ1n) is 8.86. The number of carbonyl (C=O) groups is 2. The quantitative estimate of drug-likeness (QED) is 0.281. The van der Waals surface area contributed by atoms with Crippen molar-refractivity contribution in [2.24, 2.45) is 0 Å². The lowest BCUT2D eigenvalue weighted by atomic mass is 9.90. The number of esters is 1. The van der Waals surface area contributed by atoms with Gasteiger partial charge in [-0.3, -0.25) is 4.79 Å². The van der Waals surface area contributed by atoms with E-state index >= 15 is 0 Å². The van der Waals surface area contributed by atoms with E-state index in [0.29, 0.717) is 31.4 Å². The Bertz CT molecular complexity index is 747. The second kappa shape index (κ2) is 8.57. The van der Waals surface area contributed by atoms with Gasteiger partial charge in [0.25, 0.3) is 5.91 Å². The maximum Gasteiger partial charge on any atom is 0.331 e. The van der Waals surface area contributed by atoms with Gasteiger partial charge in [-0.05, 0) is 54.0 Å². The van der Waals surface area contributed by atoms with Crippen LogP contribution in [-0.2, 0) is 9.53 Å². The average Bonchev–Trinajstić information content (AvgIpc) is 3.02. The van der Waals surface area contributed by atoms with Gasteiger partial charge in [-0.1, -0.05) is 31.8 Å². The zero-order valence-corrected chi connectivity index (χ0v) is 19.1. The van der Waals surface area contributed by atoms with Crippen LogP contribution in [0.3, 0.4) is 0 Å². The molecule has 1 aromatic carbocycles. The van der Waals surface area contributed by atoms with Crippen LogP contribution in [0.2, 0.25) is 19.6 Å². The molecule has 0 saturated carbocycles. The molecular formula is C20H26INO3Si. The third-order valence-electron chi connectivity index (χ3n) is 4.53. The van der Waals surface area contributed by atoms with Crippen LogP contribution in [0.5, 0.6) is 0 Å². The lowest BCUT2D eigenvalue weighted by Crippen LogP contribution is -2.53. The molecule has 0 N–H and O–H groups in total. The minimum atomic E-state index is -1.45. The molecule has 1 atom stereocenters. The molecule has 1 unspecified atom stereocenters. The van der Waals surface area contributed by atoms with Crippen molar-refractivity contribution < 1.29 is 14.3 Å². The van der Waals surface area contributed by atoms with Crippen LogP contribution >= 0.6 is 22.6 Å². The molecule has 0 aromatic heterocycles. The summed E-state index contributed by atoms with van der Waals surface area (Å²) in [5.41, 5.74) is 3.07. The predicted octanol–water partition coefficient (Wildman–Crippen LogP) is 4.10. The monoisotopic (exact) mass is 483 g/mol. The van der Waals surface area contributed by atoms with Gasteiger partial charge in [0.2, 0.25) is 0 Å². The summed E-state index contributed by atoms with van der Waals surface area (Å²) in [7, 11) is -0.0576. The second-order valence-corrected chi connectivity index (χ2v) is 13.5. The predicted molar refractivity (Wildman–Crippen MR) is 115 cm³/mol. The summed E-state index contributed by atoms with van der Waals surface area (Å²) in [6.45, 7) is 7.15. The molecular weight excluding hydrogens is 457 g/mol. The molecule has 2 rings (SSSR count). The van der Waals surface area contributed by atoms with Crippen LogP contribution in [0.15, 0.2) is 24.3 Å². The van der Waals surface area contributed by atoms with Crippen molar-refractivity contribution in [1.29, 1.82) is 0 Å². The first kappa shape index (κ1) is 21.0. The van der Waals surface area contributed by atoms with E-state index in [1.165, 1.54) is 7.11 Å². The van der Waals surface area contributed by atoms with E-state index in [2.05, 4.69) is 53.7 Å². The van der Waals surface area contributed by atoms with Crippen molar-refractivity contribution in [3.8, 4) is 11.5 Å². The number of methoxy groups -OCH3 is 1. The summed E-state index contributed by atoms with van der Waals surface area (Å²) in [5.74, 6) is 2.80. The zero-order valence-electron chi connectivity index (χ0n) is 15.9. The van der Waals surface area contributed by atoms with E-state index in [0.717, 1.165) is 9.99 Å². The molecule has 4 nitrogen and oxygen atoms in total. The molecule has 0 aliphatic carbocycles. The molecule has 6 heteroatoms. The van der Waals surface area contributed by atoms with Gasteiger partial charge in [0, 0.05) is 16.5 Å². The minimum Gasteiger partial charge on any atom is -0.467 e. The molecule has 1 heterocycles. The lowest BCUT2D eigenvalue weighted by molar-refractivity contribution is -0.152. The number of carbonyl (C=O) groups excluding carboxylic acids is 2. The van der Waals surface area contributed by atoms with Gasteiger partial charge >= 0.3 is 5.97 Å². The fourth-order valence-electron chi connectivity index (χ4n) is 3.32. The van der Waals surface area contributed by atoms with Crippen LogP contribution in [-0.4, -0.2) is 44.0 Å². The van der Waals surface area contributed by atoms with Crippen LogP contribution in [0.25, 0.3) is 0 Å². The summed E-state index contributed by atoms with van der Waals surface area (Å²) in [6, 6.07) is 7.48. The fraction of sp³-hybridized carbons (Fsp3) is 0.500. The first-order valence-corrected chi connectivity index (χ1v) is 13.4. The topological polar surface area (TPSA) is 46.6 Å². The summed E-state index contributed by atoms with van der Waals surface area (Å²) >= 11 is 2.16. The van der Waals surface area contributed by atoms with Gasteiger partial charge in [-0.25, -0.2) is 4.79 Å². The highest BCUT2D eigenvalue weighted by atomic mass is 127. The summed E-state index contributed by atoms with van der Waals surface area (Å²) in [6.07, 6.45) is 2.54. The highest BCUT2D eigenvalue weighted by Crippen LogP contribution is 2.36. The number of likely N-dealkylation sites (tertiary alicyclic amines) is 1. The Labute approximate surface area is 170 Å². The number of amides is 1. The molecule has 140 valence electrons. The first-order chi connectivity index (χ1) is 12.2. The van der Waals surface area contributed by atoms with Gasteiger partial charge < -0.3 is 9.64 Å². The largest absolute Gasteiger partial charge is 0.467 e. The number of benzene rings is 1. The Balaban J connectivity index is 2.31. The summed E-state index contributed by atoms with van der Waals surface area (Å²) in [5, 5.41) is 0. The van der Waals surface area contributed by atoms with Gasteiger partial charge in [0.05, 0.1) is 12.7 Å². The molecule has 1 aliphatic rings. The van der Waals surface area contributed by atoms with E-state index in [4.69, 9.17) is 4.74 Å². The maximum atomic E-state index is 13.2. The highest BCUT2D eigenvalue weighted by molar-refractivity contribution is 14.1. The van der Waals surface area contributed by atoms with Crippen molar-refractivity contribution in [2.45, 2.75) is 50.9 Å². The zero-order chi connectivity index (χ0) is 19.4. The van der Waals surface area contributed by atoms with E-state index in [1.54, 1.807) is 4.90 Å². The molecule has 1 saturated heterocycles. The van der Waals surface area contributed by atoms with Crippen molar-refractivity contribution in [3.05, 3.63) is 33.4 Å². The Morgan fingerprint density at radius 2 is 2.00 bits per heavy atom. The van der Waals surface area contributed by atoms with Crippen LogP contribution < -0.4 is 0 Å². The highest BCUT2D eigenvalue weighted by Gasteiger charge is 2.50. The SMILES string of the molecule is COC(=O)C1(CCC#C[Si](C)(C)C)CCCN1C(=O)c1ccccc1I. The Morgan fingerprint density at radius 1 is 1.31 bits per heavy atom. The molecule has 1 aromatic rings. The molecule has 1 amide bonds. The molecule has 26 heavy (non-hydrogen) atoms. The van der Waals surface area contributed by atoms with E-state index in [1.807, 2.05) is 24.3 Å². The fourth-order valence-corrected chi connectivity index (χ4v) is 4.59. The normalized spacial score (nSPS) is 19.7. The molecule has 0 radical (unpaired) electrons. The van der Waals surface area contributed by atoms with Crippen LogP contribution in [0, 0.1) is 15.0 Å². The van der Waals surface area contributed by atoms with Gasteiger partial charge in [0.15, 0.2) is 0 Å². The standard InChI is InChI=1S/C20H26INO3Si/c1-25-19(24)20(12-7-8-15-26(2,3)4)13-9-14-22(20)18(23)16-10-5-6-11-17(16)21/h5-6,10-11H,7,9,12-14H2,1-4H3. The van der Waals surface area contributed by atoms with Crippen LogP contribution in [0.1, 0.15) is 36.0 Å².